The first-order valence-corrected chi connectivity index (χ1v) is 30.2. The summed E-state index contributed by atoms with van der Waals surface area (Å²) in [6.07, 6.45) is 2.16. The third-order valence-corrected chi connectivity index (χ3v) is 16.5. The molecule has 2 aromatic carbocycles. The number of nitrogens with zero attached hydrogens (tertiary/aromatic N) is 1. The van der Waals surface area contributed by atoms with Crippen LogP contribution in [0, 0.1) is 17.8 Å². The smallest absolute Gasteiger partial charge is 0.407 e. The molecule has 3 heterocycles. The lowest BCUT2D eigenvalue weighted by atomic mass is 9.82. The minimum absolute atomic E-state index is 0.0436. The van der Waals surface area contributed by atoms with E-state index >= 15 is 0 Å². The lowest BCUT2D eigenvalue weighted by Gasteiger charge is -2.46. The first-order valence-electron chi connectivity index (χ1n) is 30.2. The second-order valence-electron chi connectivity index (χ2n) is 23.7. The number of allylic oxidation sites excluding steroid dienone is 12. The Morgan fingerprint density at radius 1 is 0.655 bits per heavy atom. The van der Waals surface area contributed by atoms with E-state index in [1.165, 1.54) is 6.92 Å². The predicted octanol–water partition coefficient (Wildman–Crippen LogP) is 3.88. The van der Waals surface area contributed by atoms with Crippen LogP contribution in [0.4, 0.5) is 4.79 Å². The first kappa shape index (κ1) is 70.4. The molecule has 2 bridgehead atoms. The monoisotopic (exact) mass is 1220 g/mol. The molecule has 3 aliphatic heterocycles. The van der Waals surface area contributed by atoms with Gasteiger partial charge in [0.05, 0.1) is 79.4 Å². The van der Waals surface area contributed by atoms with Crippen LogP contribution in [-0.4, -0.2) is 205 Å². The zero-order valence-electron chi connectivity index (χ0n) is 50.6. The minimum atomic E-state index is -2.37. The van der Waals surface area contributed by atoms with Crippen LogP contribution in [-0.2, 0) is 33.3 Å². The average molecular weight is 1220 g/mol. The van der Waals surface area contributed by atoms with E-state index in [0.29, 0.717) is 6.54 Å². The maximum atomic E-state index is 14.1. The fourth-order valence-electron chi connectivity index (χ4n) is 11.4. The van der Waals surface area contributed by atoms with Crippen molar-refractivity contribution in [3.05, 3.63) is 145 Å². The molecule has 0 spiro atoms. The van der Waals surface area contributed by atoms with E-state index in [2.05, 4.69) is 10.6 Å². The van der Waals surface area contributed by atoms with Crippen molar-refractivity contribution >= 4 is 18.0 Å². The van der Waals surface area contributed by atoms with Crippen molar-refractivity contribution in [2.24, 2.45) is 17.8 Å². The maximum Gasteiger partial charge on any atom is 0.407 e. The Morgan fingerprint density at radius 2 is 1.22 bits per heavy atom. The first-order chi connectivity index (χ1) is 41.4. The molecule has 87 heavy (non-hydrogen) atoms. The summed E-state index contributed by atoms with van der Waals surface area (Å²) in [5.74, 6) is -6.12. The van der Waals surface area contributed by atoms with Crippen molar-refractivity contribution in [3.63, 3.8) is 0 Å². The number of likely N-dealkylation sites (N-methyl/N-ethyl adjacent to an activating group) is 1. The summed E-state index contributed by atoms with van der Waals surface area (Å²) >= 11 is 0. The van der Waals surface area contributed by atoms with E-state index in [1.807, 2.05) is 105 Å². The van der Waals surface area contributed by atoms with Gasteiger partial charge in [0, 0.05) is 50.1 Å². The fraction of sp³-hybridized carbons (Fsp3) is 0.561. The van der Waals surface area contributed by atoms with E-state index in [-0.39, 0.29) is 57.1 Å². The standard InChI is InChI=1S/C66H93N3O18/c1-40-23-17-15-13-11-9-7-8-10-12-14-16-18-24-47(86-64-62(79)59(61(78)43(4)85-64)68-65(81)83-39-52-50-27-21-19-25-48(50)49-26-20-22-28-51(49)52)36-56-58(63(80)67-31-32-69(5)6)55(75)38-66(82,87-56)37-54(74)53(73)30-29-44(70)33-45(71)34-46(72)35-57(76)84-42(3)41(2)60(40)77/h7-28,40-47,52-56,58-62,64,70-75,77-79,82H,29-39H2,1-6H3,(H,67,80)(H,68,81)/b8-7+,11-9+,12-10+,15-13+,16-14+,23-17+,24-18+/t40-,41-,42-,43?,44+,45+,46+,47-,53+,54+,55-,56-,58+,59+,60+,61+,62?,64-,66+/m0/s1. The van der Waals surface area contributed by atoms with Crippen molar-refractivity contribution in [3.8, 4) is 11.1 Å². The topological polar surface area (TPSA) is 327 Å². The maximum absolute atomic E-state index is 14.1. The van der Waals surface area contributed by atoms with E-state index < -0.39 is 147 Å². The number of benzene rings is 2. The Morgan fingerprint density at radius 3 is 1.83 bits per heavy atom. The SMILES string of the molecule is CC1O[C@@H](O[C@H]2/C=C/C=C/C=C/C=C/C=C/C=C/C=C/[C@H](C)[C@@H](O)[C@@H](C)[C@H](C)OC(=O)C[C@H](O)C[C@H](O)C[C@H](O)CC[C@@H](O)[C@H](O)C[C@]3(O)C[C@H](O)[C@@H](C(=O)NCCN(C)C)[C@H](C2)O3)C(O)[C@H](NC(=O)OCC2c3ccccc3-c3ccccc32)[C@@H]1O. The van der Waals surface area contributed by atoms with Crippen molar-refractivity contribution < 1.29 is 89.1 Å². The Bertz CT molecular complexity index is 2670. The third kappa shape index (κ3) is 21.2. The highest BCUT2D eigenvalue weighted by atomic mass is 16.7. The van der Waals surface area contributed by atoms with E-state index in [0.717, 1.165) is 22.3 Å². The van der Waals surface area contributed by atoms with Crippen LogP contribution in [0.5, 0.6) is 0 Å². The third-order valence-electron chi connectivity index (χ3n) is 16.5. The number of carbonyl (C=O) groups excluding carboxylic acids is 3. The van der Waals surface area contributed by atoms with Crippen LogP contribution >= 0.6 is 0 Å². The number of cyclic esters (lactones) is 1. The van der Waals surface area contributed by atoms with Crippen LogP contribution in [0.3, 0.4) is 0 Å². The summed E-state index contributed by atoms with van der Waals surface area (Å²) in [4.78, 5) is 42.3. The Hall–Kier alpha value is -5.73. The molecule has 2 aromatic rings. The van der Waals surface area contributed by atoms with Gasteiger partial charge in [-0.1, -0.05) is 147 Å². The molecule has 0 saturated carbocycles. The average Bonchev–Trinajstić information content (AvgIpc) is 2.00. The van der Waals surface area contributed by atoms with Crippen LogP contribution in [0.15, 0.2) is 134 Å². The summed E-state index contributed by atoms with van der Waals surface area (Å²) in [6.45, 7) is 7.33. The Kier molecular flexibility index (Phi) is 27.7. The van der Waals surface area contributed by atoms with Gasteiger partial charge >= 0.3 is 12.1 Å². The fourth-order valence-corrected chi connectivity index (χ4v) is 11.4. The van der Waals surface area contributed by atoms with Crippen LogP contribution in [0.25, 0.3) is 11.1 Å². The van der Waals surface area contributed by atoms with Crippen LogP contribution in [0.2, 0.25) is 0 Å². The van der Waals surface area contributed by atoms with Crippen molar-refractivity contribution in [2.45, 2.75) is 182 Å². The van der Waals surface area contributed by atoms with Crippen LogP contribution in [0.1, 0.15) is 96.1 Å². The number of esters is 1. The summed E-state index contributed by atoms with van der Waals surface area (Å²) in [7, 11) is 3.63. The summed E-state index contributed by atoms with van der Waals surface area (Å²) in [5, 5.41) is 118. The molecular weight excluding hydrogens is 1120 g/mol. The number of aliphatic hydroxyl groups is 10. The molecule has 2 fully saturated rings. The van der Waals surface area contributed by atoms with E-state index in [4.69, 9.17) is 23.7 Å². The predicted molar refractivity (Wildman–Crippen MR) is 325 cm³/mol. The van der Waals surface area contributed by atoms with Gasteiger partial charge in [-0.05, 0) is 75.9 Å². The zero-order chi connectivity index (χ0) is 63.4. The molecule has 6 rings (SSSR count). The molecule has 12 N–H and O–H groups in total. The minimum Gasteiger partial charge on any atom is -0.462 e. The van der Waals surface area contributed by atoms with Crippen molar-refractivity contribution in [2.75, 3.05) is 33.8 Å². The second kappa shape index (κ2) is 34.3. The molecule has 2 unspecified atom stereocenters. The lowest BCUT2D eigenvalue weighted by Crippen LogP contribution is -2.64. The summed E-state index contributed by atoms with van der Waals surface area (Å²) < 4.78 is 30.1. The van der Waals surface area contributed by atoms with Gasteiger partial charge in [-0.3, -0.25) is 9.59 Å². The number of hydrogen-bond acceptors (Lipinski definition) is 19. The normalized spacial score (nSPS) is 37.4. The number of hydrogen-bond donors (Lipinski definition) is 12. The van der Waals surface area contributed by atoms with Gasteiger partial charge in [-0.25, -0.2) is 4.79 Å². The van der Waals surface area contributed by atoms with Gasteiger partial charge in [-0.15, -0.1) is 0 Å². The van der Waals surface area contributed by atoms with Gasteiger partial charge < -0.3 is 90.3 Å². The number of carbonyl (C=O) groups is 3. The van der Waals surface area contributed by atoms with E-state index in [1.54, 1.807) is 68.5 Å². The quantitative estimate of drug-likeness (QED) is 0.159. The molecule has 480 valence electrons. The number of ether oxygens (including phenoxy) is 5. The molecule has 2 saturated heterocycles. The van der Waals surface area contributed by atoms with Gasteiger partial charge in [0.25, 0.3) is 0 Å². The number of amides is 2. The molecule has 2 amide bonds. The molecular formula is C66H93N3O18. The summed E-state index contributed by atoms with van der Waals surface area (Å²) in [5.41, 5.74) is 4.03. The molecule has 21 nitrogen and oxygen atoms in total. The lowest BCUT2D eigenvalue weighted by molar-refractivity contribution is -0.309. The largest absolute Gasteiger partial charge is 0.462 e. The number of nitrogens with one attached hydrogen (secondary N) is 2. The number of aliphatic hydroxyl groups excluding tert-OH is 9. The molecule has 4 aliphatic rings. The molecule has 19 atom stereocenters. The molecule has 1 aliphatic carbocycles. The highest BCUT2D eigenvalue weighted by Crippen LogP contribution is 2.45. The highest BCUT2D eigenvalue weighted by Gasteiger charge is 2.51. The molecule has 0 aromatic heterocycles. The van der Waals surface area contributed by atoms with Gasteiger partial charge in [0.15, 0.2) is 12.1 Å². The van der Waals surface area contributed by atoms with Crippen molar-refractivity contribution in [1.82, 2.24) is 15.5 Å². The number of fused-ring (bicyclic) bond motifs is 5. The van der Waals surface area contributed by atoms with Gasteiger partial charge in [0.1, 0.15) is 24.9 Å². The molecule has 0 radical (unpaired) electrons. The summed E-state index contributed by atoms with van der Waals surface area (Å²) in [6, 6.07) is 14.3. The highest BCUT2D eigenvalue weighted by molar-refractivity contribution is 5.80. The second-order valence-corrected chi connectivity index (χ2v) is 23.7. The Labute approximate surface area is 510 Å². The Balaban J connectivity index is 1.24. The molecule has 21 heteroatoms. The van der Waals surface area contributed by atoms with Crippen molar-refractivity contribution in [1.29, 1.82) is 0 Å². The van der Waals surface area contributed by atoms with Gasteiger partial charge in [-0.2, -0.15) is 0 Å². The zero-order valence-corrected chi connectivity index (χ0v) is 50.6. The van der Waals surface area contributed by atoms with E-state index in [9.17, 15) is 65.4 Å². The van der Waals surface area contributed by atoms with Crippen LogP contribution < -0.4 is 10.6 Å². The van der Waals surface area contributed by atoms with Gasteiger partial charge in [0.2, 0.25) is 5.91 Å². The number of alkyl carbamates (subject to hydrolysis) is 1. The number of rotatable bonds is 9.